The molecule has 0 heterocycles. The summed E-state index contributed by atoms with van der Waals surface area (Å²) >= 11 is 0. The Hall–Kier alpha value is -3.19. The highest BCUT2D eigenvalue weighted by atomic mass is 32.2. The second kappa shape index (κ2) is 8.87. The number of carboxylic acid groups (broad SMARTS) is 1. The molecule has 0 bridgehead atoms. The van der Waals surface area contributed by atoms with Gasteiger partial charge in [-0.25, -0.2) is 17.6 Å². The Morgan fingerprint density at radius 2 is 1.66 bits per heavy atom. The van der Waals surface area contributed by atoms with Gasteiger partial charge in [-0.2, -0.15) is 0 Å². The first-order chi connectivity index (χ1) is 13.9. The number of halogens is 1. The SMILES string of the molecule is O=C(O)c1cccc(CCCc2ccccc2NS(=O)(=O)c2ccccc2F)c1. The Labute approximate surface area is 168 Å². The molecule has 0 aliphatic rings. The summed E-state index contributed by atoms with van der Waals surface area (Å²) in [6.07, 6.45) is 1.92. The standard InChI is InChI=1S/C22H20FNO4S/c23-19-12-2-4-14-21(19)29(27,28)24-20-13-3-1-9-17(20)10-5-7-16-8-6-11-18(15-16)22(25)26/h1-4,6,8-9,11-15,24H,5,7,10H2,(H,25,26). The van der Waals surface area contributed by atoms with Gasteiger partial charge in [0.15, 0.2) is 0 Å². The van der Waals surface area contributed by atoms with Gasteiger partial charge in [-0.3, -0.25) is 4.72 Å². The van der Waals surface area contributed by atoms with Crippen LogP contribution in [0, 0.1) is 5.82 Å². The Bertz CT molecular complexity index is 1130. The van der Waals surface area contributed by atoms with Crippen LogP contribution in [0.1, 0.15) is 27.9 Å². The van der Waals surface area contributed by atoms with Crippen molar-refractivity contribution in [2.75, 3.05) is 4.72 Å². The van der Waals surface area contributed by atoms with E-state index < -0.39 is 26.7 Å². The summed E-state index contributed by atoms with van der Waals surface area (Å²) in [7, 11) is -4.05. The molecule has 5 nitrogen and oxygen atoms in total. The molecule has 0 atom stereocenters. The van der Waals surface area contributed by atoms with Gasteiger partial charge in [0.1, 0.15) is 10.7 Å². The lowest BCUT2D eigenvalue weighted by molar-refractivity contribution is 0.0696. The van der Waals surface area contributed by atoms with Crippen molar-refractivity contribution >= 4 is 21.7 Å². The molecule has 0 radical (unpaired) electrons. The van der Waals surface area contributed by atoms with Crippen molar-refractivity contribution in [3.63, 3.8) is 0 Å². The molecule has 2 N–H and O–H groups in total. The van der Waals surface area contributed by atoms with E-state index in [1.807, 2.05) is 12.1 Å². The number of nitrogens with one attached hydrogen (secondary N) is 1. The molecule has 0 unspecified atom stereocenters. The molecule has 0 aliphatic heterocycles. The highest BCUT2D eigenvalue weighted by Gasteiger charge is 2.19. The van der Waals surface area contributed by atoms with Gasteiger partial charge < -0.3 is 5.11 Å². The number of anilines is 1. The van der Waals surface area contributed by atoms with Crippen molar-refractivity contribution in [2.24, 2.45) is 0 Å². The zero-order valence-corrected chi connectivity index (χ0v) is 16.3. The summed E-state index contributed by atoms with van der Waals surface area (Å²) < 4.78 is 41.5. The number of para-hydroxylation sites is 1. The fourth-order valence-corrected chi connectivity index (χ4v) is 4.22. The molecule has 29 heavy (non-hydrogen) atoms. The Morgan fingerprint density at radius 1 is 0.931 bits per heavy atom. The van der Waals surface area contributed by atoms with E-state index in [0.29, 0.717) is 24.9 Å². The molecular weight excluding hydrogens is 393 g/mol. The summed E-state index contributed by atoms with van der Waals surface area (Å²) in [5, 5.41) is 9.08. The molecule has 0 fully saturated rings. The number of rotatable bonds is 8. The van der Waals surface area contributed by atoms with Crippen LogP contribution in [-0.4, -0.2) is 19.5 Å². The zero-order chi connectivity index (χ0) is 20.9. The number of carbonyl (C=O) groups is 1. The van der Waals surface area contributed by atoms with E-state index in [0.717, 1.165) is 17.2 Å². The quantitative estimate of drug-likeness (QED) is 0.570. The van der Waals surface area contributed by atoms with Gasteiger partial charge in [0.25, 0.3) is 10.0 Å². The largest absolute Gasteiger partial charge is 0.478 e. The van der Waals surface area contributed by atoms with Crippen molar-refractivity contribution in [1.82, 2.24) is 0 Å². The van der Waals surface area contributed by atoms with Crippen LogP contribution in [0.15, 0.2) is 77.7 Å². The van der Waals surface area contributed by atoms with Crippen LogP contribution < -0.4 is 4.72 Å². The van der Waals surface area contributed by atoms with Crippen LogP contribution >= 0.6 is 0 Å². The van der Waals surface area contributed by atoms with E-state index in [1.165, 1.54) is 18.2 Å². The lowest BCUT2D eigenvalue weighted by Gasteiger charge is -2.13. The van der Waals surface area contributed by atoms with Gasteiger partial charge in [-0.15, -0.1) is 0 Å². The number of benzene rings is 3. The fourth-order valence-electron chi connectivity index (χ4n) is 3.04. The maximum Gasteiger partial charge on any atom is 0.335 e. The smallest absolute Gasteiger partial charge is 0.335 e. The molecule has 0 saturated heterocycles. The van der Waals surface area contributed by atoms with Crippen LogP contribution in [0.2, 0.25) is 0 Å². The molecule has 150 valence electrons. The van der Waals surface area contributed by atoms with Crippen LogP contribution in [0.4, 0.5) is 10.1 Å². The first-order valence-electron chi connectivity index (χ1n) is 9.04. The first kappa shape index (κ1) is 20.5. The molecule has 3 aromatic rings. The molecule has 0 saturated carbocycles. The Kier molecular flexibility index (Phi) is 6.29. The molecule has 3 aromatic carbocycles. The zero-order valence-electron chi connectivity index (χ0n) is 15.5. The van der Waals surface area contributed by atoms with E-state index in [4.69, 9.17) is 5.11 Å². The van der Waals surface area contributed by atoms with Crippen molar-refractivity contribution in [3.05, 3.63) is 95.3 Å². The van der Waals surface area contributed by atoms with Gasteiger partial charge >= 0.3 is 5.97 Å². The first-order valence-corrected chi connectivity index (χ1v) is 10.5. The number of sulfonamides is 1. The number of hydrogen-bond acceptors (Lipinski definition) is 3. The highest BCUT2D eigenvalue weighted by molar-refractivity contribution is 7.92. The predicted molar refractivity (Wildman–Crippen MR) is 109 cm³/mol. The van der Waals surface area contributed by atoms with Gasteiger partial charge in [0.2, 0.25) is 0 Å². The predicted octanol–water partition coefficient (Wildman–Crippen LogP) is 4.50. The maximum atomic E-state index is 13.9. The second-order valence-corrected chi connectivity index (χ2v) is 8.20. The van der Waals surface area contributed by atoms with Crippen molar-refractivity contribution in [2.45, 2.75) is 24.2 Å². The fraction of sp³-hybridized carbons (Fsp3) is 0.136. The Balaban J connectivity index is 1.72. The lowest BCUT2D eigenvalue weighted by Crippen LogP contribution is -2.15. The minimum atomic E-state index is -4.05. The topological polar surface area (TPSA) is 83.5 Å². The monoisotopic (exact) mass is 413 g/mol. The number of aromatic carboxylic acids is 1. The van der Waals surface area contributed by atoms with Crippen molar-refractivity contribution < 1.29 is 22.7 Å². The highest BCUT2D eigenvalue weighted by Crippen LogP contribution is 2.23. The normalized spacial score (nSPS) is 11.2. The Morgan fingerprint density at radius 3 is 2.41 bits per heavy atom. The summed E-state index contributed by atoms with van der Waals surface area (Å²) in [5.74, 6) is -1.78. The molecule has 0 aliphatic carbocycles. The van der Waals surface area contributed by atoms with Crippen LogP contribution in [-0.2, 0) is 22.9 Å². The van der Waals surface area contributed by atoms with Gasteiger partial charge in [-0.05, 0) is 60.7 Å². The summed E-state index contributed by atoms with van der Waals surface area (Å²) in [5.41, 5.74) is 2.31. The third kappa shape index (κ3) is 5.20. The van der Waals surface area contributed by atoms with Crippen molar-refractivity contribution in [1.29, 1.82) is 0 Å². The van der Waals surface area contributed by atoms with Gasteiger partial charge in [0.05, 0.1) is 11.3 Å². The van der Waals surface area contributed by atoms with Crippen molar-refractivity contribution in [3.8, 4) is 0 Å². The molecule has 0 spiro atoms. The summed E-state index contributed by atoms with van der Waals surface area (Å²) in [4.78, 5) is 10.7. The summed E-state index contributed by atoms with van der Waals surface area (Å²) in [6, 6.07) is 18.9. The van der Waals surface area contributed by atoms with E-state index >= 15 is 0 Å². The number of aryl methyl sites for hydroxylation is 2. The average molecular weight is 413 g/mol. The molecule has 0 amide bonds. The van der Waals surface area contributed by atoms with E-state index in [2.05, 4.69) is 4.72 Å². The average Bonchev–Trinajstić information content (AvgIpc) is 2.69. The third-order valence-electron chi connectivity index (χ3n) is 4.47. The second-order valence-electron chi connectivity index (χ2n) is 6.55. The van der Waals surface area contributed by atoms with Gasteiger partial charge in [-0.1, -0.05) is 42.5 Å². The molecule has 7 heteroatoms. The van der Waals surface area contributed by atoms with E-state index in [9.17, 15) is 17.6 Å². The molecule has 3 rings (SSSR count). The van der Waals surface area contributed by atoms with E-state index in [-0.39, 0.29) is 5.56 Å². The molecular formula is C22H20FNO4S. The molecule has 0 aromatic heterocycles. The number of carboxylic acids is 1. The summed E-state index contributed by atoms with van der Waals surface area (Å²) in [6.45, 7) is 0. The number of hydrogen-bond donors (Lipinski definition) is 2. The van der Waals surface area contributed by atoms with Gasteiger partial charge in [0, 0.05) is 0 Å². The minimum Gasteiger partial charge on any atom is -0.478 e. The third-order valence-corrected chi connectivity index (χ3v) is 5.87. The van der Waals surface area contributed by atoms with E-state index in [1.54, 1.807) is 36.4 Å². The maximum absolute atomic E-state index is 13.9. The van der Waals surface area contributed by atoms with Crippen LogP contribution in [0.5, 0.6) is 0 Å². The lowest BCUT2D eigenvalue weighted by atomic mass is 10.0. The minimum absolute atomic E-state index is 0.237. The van der Waals surface area contributed by atoms with Crippen LogP contribution in [0.25, 0.3) is 0 Å². The van der Waals surface area contributed by atoms with Crippen LogP contribution in [0.3, 0.4) is 0 Å².